The van der Waals surface area contributed by atoms with Gasteiger partial charge in [-0.25, -0.2) is 0 Å². The molecule has 1 aliphatic carbocycles. The van der Waals surface area contributed by atoms with Crippen molar-refractivity contribution in [2.24, 2.45) is 5.92 Å². The number of nitrogens with one attached hydrogen (secondary N) is 1. The Morgan fingerprint density at radius 1 is 1.35 bits per heavy atom. The van der Waals surface area contributed by atoms with E-state index in [4.69, 9.17) is 16.7 Å². The number of carboxylic acid groups (broad SMARTS) is 1. The van der Waals surface area contributed by atoms with Gasteiger partial charge in [0.05, 0.1) is 15.9 Å². The van der Waals surface area contributed by atoms with Crippen LogP contribution in [0.2, 0.25) is 5.02 Å². The van der Waals surface area contributed by atoms with E-state index in [1.165, 1.54) is 12.1 Å². The molecule has 0 saturated heterocycles. The molecule has 0 aliphatic heterocycles. The number of hydrogen-bond donors (Lipinski definition) is 2. The number of carbonyl (C=O) groups is 1. The van der Waals surface area contributed by atoms with Crippen molar-refractivity contribution in [3.63, 3.8) is 0 Å². The summed E-state index contributed by atoms with van der Waals surface area (Å²) in [7, 11) is 0. The fraction of sp³-hybridized carbons (Fsp3) is 0.462. The Morgan fingerprint density at radius 2 is 2.00 bits per heavy atom. The normalized spacial score (nSPS) is 22.2. The average Bonchev–Trinajstić information content (AvgIpc) is 2.41. The molecule has 7 heteroatoms. The molecule has 2 rings (SSSR count). The van der Waals surface area contributed by atoms with Crippen LogP contribution in [0.4, 0.5) is 11.4 Å². The summed E-state index contributed by atoms with van der Waals surface area (Å²) in [5, 5.41) is 23.3. The van der Waals surface area contributed by atoms with Gasteiger partial charge in [-0.3, -0.25) is 14.9 Å². The summed E-state index contributed by atoms with van der Waals surface area (Å²) in [4.78, 5) is 21.4. The monoisotopic (exact) mass is 298 g/mol. The van der Waals surface area contributed by atoms with Crippen LogP contribution >= 0.6 is 11.6 Å². The minimum Gasteiger partial charge on any atom is -0.481 e. The smallest absolute Gasteiger partial charge is 0.306 e. The molecule has 2 N–H and O–H groups in total. The molecule has 1 aromatic rings. The number of para-hydroxylation sites is 1. The molecule has 1 aromatic carbocycles. The number of halogens is 1. The van der Waals surface area contributed by atoms with E-state index < -0.39 is 10.9 Å². The van der Waals surface area contributed by atoms with E-state index in [1.807, 2.05) is 0 Å². The topological polar surface area (TPSA) is 92.5 Å². The summed E-state index contributed by atoms with van der Waals surface area (Å²) in [6.07, 6.45) is 2.48. The van der Waals surface area contributed by atoms with Crippen LogP contribution in [0.5, 0.6) is 0 Å². The van der Waals surface area contributed by atoms with E-state index in [0.29, 0.717) is 36.4 Å². The van der Waals surface area contributed by atoms with Gasteiger partial charge in [0.15, 0.2) is 0 Å². The van der Waals surface area contributed by atoms with E-state index in [-0.39, 0.29) is 17.6 Å². The van der Waals surface area contributed by atoms with Crippen LogP contribution in [0.1, 0.15) is 25.7 Å². The molecule has 0 amide bonds. The second kappa shape index (κ2) is 6.09. The van der Waals surface area contributed by atoms with E-state index in [1.54, 1.807) is 6.07 Å². The van der Waals surface area contributed by atoms with Crippen molar-refractivity contribution in [2.75, 3.05) is 5.32 Å². The fourth-order valence-corrected chi connectivity index (χ4v) is 2.72. The zero-order valence-electron chi connectivity index (χ0n) is 10.7. The van der Waals surface area contributed by atoms with Crippen LogP contribution in [0, 0.1) is 16.0 Å². The van der Waals surface area contributed by atoms with Crippen molar-refractivity contribution in [1.82, 2.24) is 0 Å². The molecule has 0 atom stereocenters. The summed E-state index contributed by atoms with van der Waals surface area (Å²) in [6.45, 7) is 0. The first-order valence-corrected chi connectivity index (χ1v) is 6.79. The number of benzene rings is 1. The van der Waals surface area contributed by atoms with Crippen LogP contribution in [0.25, 0.3) is 0 Å². The number of anilines is 1. The molecule has 0 heterocycles. The van der Waals surface area contributed by atoms with Gasteiger partial charge in [-0.15, -0.1) is 0 Å². The molecular formula is C13H15ClN2O4. The van der Waals surface area contributed by atoms with E-state index in [2.05, 4.69) is 5.32 Å². The maximum Gasteiger partial charge on any atom is 0.306 e. The summed E-state index contributed by atoms with van der Waals surface area (Å²) >= 11 is 6.01. The molecule has 0 unspecified atom stereocenters. The fourth-order valence-electron chi connectivity index (χ4n) is 2.50. The molecule has 20 heavy (non-hydrogen) atoms. The SMILES string of the molecule is O=C(O)C1CCC(Nc2c(Cl)cccc2[N+](=O)[O-])CC1. The first-order valence-electron chi connectivity index (χ1n) is 6.41. The number of nitro benzene ring substituents is 1. The highest BCUT2D eigenvalue weighted by atomic mass is 35.5. The van der Waals surface area contributed by atoms with Gasteiger partial charge in [-0.1, -0.05) is 17.7 Å². The average molecular weight is 299 g/mol. The number of nitro groups is 1. The Hall–Kier alpha value is -1.82. The van der Waals surface area contributed by atoms with Gasteiger partial charge < -0.3 is 10.4 Å². The molecule has 6 nitrogen and oxygen atoms in total. The predicted octanol–water partition coefficient (Wildman–Crippen LogP) is 3.30. The van der Waals surface area contributed by atoms with Crippen molar-refractivity contribution in [3.8, 4) is 0 Å². The standard InChI is InChI=1S/C13H15ClN2O4/c14-10-2-1-3-11(16(19)20)12(10)15-9-6-4-8(5-7-9)13(17)18/h1-3,8-9,15H,4-7H2,(H,17,18). The van der Waals surface area contributed by atoms with Gasteiger partial charge in [-0.2, -0.15) is 0 Å². The lowest BCUT2D eigenvalue weighted by Gasteiger charge is -2.27. The maximum atomic E-state index is 11.0. The van der Waals surface area contributed by atoms with Gasteiger partial charge in [0.1, 0.15) is 5.69 Å². The van der Waals surface area contributed by atoms with Crippen LogP contribution < -0.4 is 5.32 Å². The lowest BCUT2D eigenvalue weighted by Crippen LogP contribution is -2.29. The first kappa shape index (κ1) is 14.6. The van der Waals surface area contributed by atoms with E-state index in [9.17, 15) is 14.9 Å². The maximum absolute atomic E-state index is 11.0. The molecule has 0 spiro atoms. The number of hydrogen-bond acceptors (Lipinski definition) is 4. The molecular weight excluding hydrogens is 284 g/mol. The van der Waals surface area contributed by atoms with Gasteiger partial charge in [0, 0.05) is 12.1 Å². The van der Waals surface area contributed by atoms with Crippen LogP contribution in [-0.4, -0.2) is 22.0 Å². The minimum absolute atomic E-state index is 0.0178. The van der Waals surface area contributed by atoms with E-state index >= 15 is 0 Å². The Labute approximate surface area is 120 Å². The van der Waals surface area contributed by atoms with Gasteiger partial charge in [0.2, 0.25) is 0 Å². The highest BCUT2D eigenvalue weighted by Crippen LogP contribution is 2.35. The number of carboxylic acids is 1. The third kappa shape index (κ3) is 3.19. The van der Waals surface area contributed by atoms with Crippen LogP contribution in [0.15, 0.2) is 18.2 Å². The largest absolute Gasteiger partial charge is 0.481 e. The summed E-state index contributed by atoms with van der Waals surface area (Å²) in [5.74, 6) is -1.08. The second-order valence-electron chi connectivity index (χ2n) is 4.92. The zero-order valence-corrected chi connectivity index (χ0v) is 11.5. The molecule has 108 valence electrons. The minimum atomic E-state index is -0.771. The van der Waals surface area contributed by atoms with Crippen LogP contribution in [-0.2, 0) is 4.79 Å². The summed E-state index contributed by atoms with van der Waals surface area (Å²) in [5.41, 5.74) is 0.260. The molecule has 0 radical (unpaired) electrons. The van der Waals surface area contributed by atoms with Crippen LogP contribution in [0.3, 0.4) is 0 Å². The van der Waals surface area contributed by atoms with E-state index in [0.717, 1.165) is 0 Å². The Morgan fingerprint density at radius 3 is 2.55 bits per heavy atom. The molecule has 1 saturated carbocycles. The van der Waals surface area contributed by atoms with Crippen molar-refractivity contribution in [3.05, 3.63) is 33.3 Å². The quantitative estimate of drug-likeness (QED) is 0.657. The van der Waals surface area contributed by atoms with Crippen molar-refractivity contribution < 1.29 is 14.8 Å². The Bertz CT molecular complexity index is 527. The Balaban J connectivity index is 2.08. The van der Waals surface area contributed by atoms with Crippen molar-refractivity contribution in [1.29, 1.82) is 0 Å². The Kier molecular flexibility index (Phi) is 4.44. The second-order valence-corrected chi connectivity index (χ2v) is 5.33. The van der Waals surface area contributed by atoms with Gasteiger partial charge in [0.25, 0.3) is 5.69 Å². The molecule has 1 fully saturated rings. The number of nitrogens with zero attached hydrogens (tertiary/aromatic N) is 1. The molecule has 0 aromatic heterocycles. The third-order valence-corrected chi connectivity index (χ3v) is 3.93. The number of aliphatic carboxylic acids is 1. The first-order chi connectivity index (χ1) is 9.49. The zero-order chi connectivity index (χ0) is 14.7. The predicted molar refractivity (Wildman–Crippen MR) is 75.1 cm³/mol. The lowest BCUT2D eigenvalue weighted by atomic mass is 9.86. The summed E-state index contributed by atoms with van der Waals surface area (Å²) in [6, 6.07) is 4.55. The third-order valence-electron chi connectivity index (χ3n) is 3.61. The highest BCUT2D eigenvalue weighted by Gasteiger charge is 2.27. The highest BCUT2D eigenvalue weighted by molar-refractivity contribution is 6.33. The van der Waals surface area contributed by atoms with Crippen molar-refractivity contribution >= 4 is 28.9 Å². The molecule has 0 bridgehead atoms. The van der Waals surface area contributed by atoms with Crippen molar-refractivity contribution in [2.45, 2.75) is 31.7 Å². The van der Waals surface area contributed by atoms with Gasteiger partial charge in [-0.05, 0) is 31.7 Å². The molecule has 1 aliphatic rings. The number of rotatable bonds is 4. The van der Waals surface area contributed by atoms with Gasteiger partial charge >= 0.3 is 5.97 Å². The lowest BCUT2D eigenvalue weighted by molar-refractivity contribution is -0.384. The summed E-state index contributed by atoms with van der Waals surface area (Å²) < 4.78 is 0.